The van der Waals surface area contributed by atoms with Gasteiger partial charge in [-0.1, -0.05) is 39.0 Å². The van der Waals surface area contributed by atoms with Gasteiger partial charge in [0.05, 0.1) is 12.6 Å². The Kier molecular flexibility index (Phi) is 9.69. The molecule has 1 heterocycles. The molecule has 2 N–H and O–H groups in total. The number of piperidine rings is 1. The zero-order valence-corrected chi connectivity index (χ0v) is 20.5. The topological polar surface area (TPSA) is 81.8 Å². The highest BCUT2D eigenvalue weighted by Crippen LogP contribution is 2.21. The number of amides is 3. The number of nitrogens with one attached hydrogen (secondary N) is 2. The number of carbonyl (C=O) groups is 3. The van der Waals surface area contributed by atoms with Crippen molar-refractivity contribution in [1.29, 1.82) is 0 Å². The van der Waals surface area contributed by atoms with Gasteiger partial charge in [-0.25, -0.2) is 0 Å². The summed E-state index contributed by atoms with van der Waals surface area (Å²) in [6.07, 6.45) is 2.31. The minimum Gasteiger partial charge on any atom is -0.353 e. The van der Waals surface area contributed by atoms with Crippen LogP contribution in [0.2, 0.25) is 0 Å². The number of hydrogen-bond donors (Lipinski definition) is 2. The lowest BCUT2D eigenvalue weighted by molar-refractivity contribution is -0.138. The highest BCUT2D eigenvalue weighted by molar-refractivity contribution is 5.95. The SMILES string of the molecule is CCc1ccccc1NC(=O)CN(C)C(=O)C(C)N1CCC(C(=O)NC(C)C(C)C)CC1. The van der Waals surface area contributed by atoms with E-state index in [1.807, 2.05) is 45.0 Å². The average Bonchev–Trinajstić information content (AvgIpc) is 2.78. The first-order valence-corrected chi connectivity index (χ1v) is 11.8. The Morgan fingerprint density at radius 3 is 2.31 bits per heavy atom. The Morgan fingerprint density at radius 2 is 1.72 bits per heavy atom. The zero-order chi connectivity index (χ0) is 23.8. The molecule has 0 aromatic heterocycles. The van der Waals surface area contributed by atoms with Crippen LogP contribution in [0.5, 0.6) is 0 Å². The van der Waals surface area contributed by atoms with Crippen LogP contribution in [0, 0.1) is 11.8 Å². The maximum atomic E-state index is 12.9. The van der Waals surface area contributed by atoms with E-state index in [1.165, 1.54) is 4.90 Å². The van der Waals surface area contributed by atoms with Gasteiger partial charge in [0, 0.05) is 24.7 Å². The summed E-state index contributed by atoms with van der Waals surface area (Å²) in [5.74, 6) is 0.228. The Hall–Kier alpha value is -2.41. The van der Waals surface area contributed by atoms with Gasteiger partial charge in [-0.3, -0.25) is 19.3 Å². The van der Waals surface area contributed by atoms with E-state index in [-0.39, 0.29) is 42.3 Å². The Balaban J connectivity index is 1.83. The van der Waals surface area contributed by atoms with E-state index in [1.54, 1.807) is 7.05 Å². The van der Waals surface area contributed by atoms with Crippen LogP contribution in [-0.2, 0) is 20.8 Å². The molecule has 1 saturated heterocycles. The number of benzene rings is 1. The first-order valence-electron chi connectivity index (χ1n) is 11.8. The van der Waals surface area contributed by atoms with Gasteiger partial charge >= 0.3 is 0 Å². The van der Waals surface area contributed by atoms with Crippen LogP contribution < -0.4 is 10.6 Å². The van der Waals surface area contributed by atoms with Crippen molar-refractivity contribution in [3.8, 4) is 0 Å². The monoisotopic (exact) mass is 444 g/mol. The van der Waals surface area contributed by atoms with Crippen LogP contribution in [0.15, 0.2) is 24.3 Å². The van der Waals surface area contributed by atoms with Gasteiger partial charge in [0.15, 0.2) is 0 Å². The smallest absolute Gasteiger partial charge is 0.243 e. The lowest BCUT2D eigenvalue weighted by Crippen LogP contribution is -2.51. The third-order valence-corrected chi connectivity index (χ3v) is 6.60. The number of para-hydroxylation sites is 1. The summed E-state index contributed by atoms with van der Waals surface area (Å²) in [5, 5.41) is 6.02. The number of likely N-dealkylation sites (tertiary alicyclic amines) is 1. The number of anilines is 1. The minimum atomic E-state index is -0.325. The molecular weight excluding hydrogens is 404 g/mol. The predicted octanol–water partition coefficient (Wildman–Crippen LogP) is 2.91. The predicted molar refractivity (Wildman–Crippen MR) is 128 cm³/mol. The fraction of sp³-hybridized carbons (Fsp3) is 0.640. The summed E-state index contributed by atoms with van der Waals surface area (Å²) >= 11 is 0. The van der Waals surface area contributed by atoms with E-state index in [0.29, 0.717) is 19.0 Å². The molecule has 0 aliphatic carbocycles. The van der Waals surface area contributed by atoms with Crippen LogP contribution in [0.1, 0.15) is 53.0 Å². The molecule has 1 fully saturated rings. The molecule has 1 aromatic carbocycles. The molecule has 7 heteroatoms. The van der Waals surface area contributed by atoms with Crippen molar-refractivity contribution in [2.24, 2.45) is 11.8 Å². The Bertz CT molecular complexity index is 787. The van der Waals surface area contributed by atoms with Crippen molar-refractivity contribution in [1.82, 2.24) is 15.1 Å². The van der Waals surface area contributed by atoms with Crippen molar-refractivity contribution in [3.63, 3.8) is 0 Å². The summed E-state index contributed by atoms with van der Waals surface area (Å²) in [6, 6.07) is 7.53. The number of carbonyl (C=O) groups excluding carboxylic acids is 3. The van der Waals surface area contributed by atoms with Crippen LogP contribution in [0.4, 0.5) is 5.69 Å². The quantitative estimate of drug-likeness (QED) is 0.614. The Labute approximate surface area is 192 Å². The molecule has 0 radical (unpaired) electrons. The molecule has 0 spiro atoms. The molecule has 0 saturated carbocycles. The number of likely N-dealkylation sites (N-methyl/N-ethyl adjacent to an activating group) is 1. The molecule has 2 atom stereocenters. The molecule has 32 heavy (non-hydrogen) atoms. The summed E-state index contributed by atoms with van der Waals surface area (Å²) in [7, 11) is 1.66. The molecule has 178 valence electrons. The molecule has 7 nitrogen and oxygen atoms in total. The highest BCUT2D eigenvalue weighted by Gasteiger charge is 2.31. The largest absolute Gasteiger partial charge is 0.353 e. The molecule has 1 aliphatic heterocycles. The number of rotatable bonds is 9. The van der Waals surface area contributed by atoms with E-state index in [0.717, 1.165) is 30.5 Å². The van der Waals surface area contributed by atoms with Crippen LogP contribution in [0.3, 0.4) is 0 Å². The maximum absolute atomic E-state index is 12.9. The molecule has 1 aromatic rings. The van der Waals surface area contributed by atoms with Crippen molar-refractivity contribution in [2.45, 2.75) is 66.0 Å². The van der Waals surface area contributed by atoms with E-state index >= 15 is 0 Å². The normalized spacial score (nSPS) is 17.0. The van der Waals surface area contributed by atoms with Crippen LogP contribution in [-0.4, -0.2) is 66.3 Å². The summed E-state index contributed by atoms with van der Waals surface area (Å²) < 4.78 is 0. The van der Waals surface area contributed by atoms with Crippen LogP contribution in [0.25, 0.3) is 0 Å². The minimum absolute atomic E-state index is 0.00288. The van der Waals surface area contributed by atoms with Gasteiger partial charge in [0.25, 0.3) is 0 Å². The van der Waals surface area contributed by atoms with E-state index in [9.17, 15) is 14.4 Å². The van der Waals surface area contributed by atoms with Gasteiger partial charge in [0.2, 0.25) is 17.7 Å². The first-order chi connectivity index (χ1) is 15.1. The third kappa shape index (κ3) is 7.05. The molecule has 0 bridgehead atoms. The van der Waals surface area contributed by atoms with Crippen molar-refractivity contribution >= 4 is 23.4 Å². The van der Waals surface area contributed by atoms with Gasteiger partial charge in [0.1, 0.15) is 0 Å². The maximum Gasteiger partial charge on any atom is 0.243 e. The number of hydrogen-bond acceptors (Lipinski definition) is 4. The first kappa shape index (κ1) is 25.8. The van der Waals surface area contributed by atoms with Crippen molar-refractivity contribution < 1.29 is 14.4 Å². The molecule has 2 unspecified atom stereocenters. The van der Waals surface area contributed by atoms with Crippen LogP contribution >= 0.6 is 0 Å². The fourth-order valence-electron chi connectivity index (χ4n) is 3.97. The van der Waals surface area contributed by atoms with Crippen molar-refractivity contribution in [3.05, 3.63) is 29.8 Å². The standard InChI is InChI=1S/C25H40N4O3/c1-7-20-10-8-9-11-22(20)27-23(30)16-28(6)25(32)19(5)29-14-12-21(13-15-29)24(31)26-18(4)17(2)3/h8-11,17-19,21H,7,12-16H2,1-6H3,(H,26,31)(H,27,30). The summed E-state index contributed by atoms with van der Waals surface area (Å²) in [6.45, 7) is 11.6. The van der Waals surface area contributed by atoms with Gasteiger partial charge in [-0.15, -0.1) is 0 Å². The summed E-state index contributed by atoms with van der Waals surface area (Å²) in [4.78, 5) is 41.5. The highest BCUT2D eigenvalue weighted by atomic mass is 16.2. The van der Waals surface area contributed by atoms with Gasteiger partial charge in [-0.2, -0.15) is 0 Å². The van der Waals surface area contributed by atoms with Crippen molar-refractivity contribution in [2.75, 3.05) is 32.0 Å². The zero-order valence-electron chi connectivity index (χ0n) is 20.5. The lowest BCUT2D eigenvalue weighted by Gasteiger charge is -2.36. The second-order valence-electron chi connectivity index (χ2n) is 9.28. The van der Waals surface area contributed by atoms with E-state index in [4.69, 9.17) is 0 Å². The Morgan fingerprint density at radius 1 is 1.09 bits per heavy atom. The molecule has 1 aliphatic rings. The second kappa shape index (κ2) is 12.0. The van der Waals surface area contributed by atoms with Gasteiger partial charge < -0.3 is 15.5 Å². The second-order valence-corrected chi connectivity index (χ2v) is 9.28. The summed E-state index contributed by atoms with van der Waals surface area (Å²) in [5.41, 5.74) is 1.86. The molecule has 2 rings (SSSR count). The van der Waals surface area contributed by atoms with E-state index in [2.05, 4.69) is 29.4 Å². The van der Waals surface area contributed by atoms with E-state index < -0.39 is 0 Å². The number of aryl methyl sites for hydroxylation is 1. The lowest BCUT2D eigenvalue weighted by atomic mass is 9.94. The number of nitrogens with zero attached hydrogens (tertiary/aromatic N) is 2. The third-order valence-electron chi connectivity index (χ3n) is 6.60. The molecule has 3 amide bonds. The molecular formula is C25H40N4O3. The fourth-order valence-corrected chi connectivity index (χ4v) is 3.97. The van der Waals surface area contributed by atoms with Gasteiger partial charge in [-0.05, 0) is 63.7 Å². The average molecular weight is 445 g/mol.